The van der Waals surface area contributed by atoms with E-state index in [0.29, 0.717) is 11.6 Å². The molecule has 13 heavy (non-hydrogen) atoms. The van der Waals surface area contributed by atoms with Crippen LogP contribution in [0, 0.1) is 0 Å². The summed E-state index contributed by atoms with van der Waals surface area (Å²) in [6.45, 7) is 0. The zero-order valence-corrected chi connectivity index (χ0v) is 7.75. The summed E-state index contributed by atoms with van der Waals surface area (Å²) in [7, 11) is 1.80. The van der Waals surface area contributed by atoms with Crippen LogP contribution in [0.2, 0.25) is 0 Å². The van der Waals surface area contributed by atoms with E-state index in [1.807, 2.05) is 0 Å². The highest BCUT2D eigenvalue weighted by Crippen LogP contribution is 2.16. The molecule has 0 spiro atoms. The predicted molar refractivity (Wildman–Crippen MR) is 50.5 cm³/mol. The van der Waals surface area contributed by atoms with Crippen LogP contribution in [0.3, 0.4) is 0 Å². The van der Waals surface area contributed by atoms with Crippen LogP contribution in [0.25, 0.3) is 11.6 Å². The van der Waals surface area contributed by atoms with E-state index in [-0.39, 0.29) is 0 Å². The van der Waals surface area contributed by atoms with Gasteiger partial charge in [0.15, 0.2) is 5.82 Å². The Kier molecular flexibility index (Phi) is 2.13. The third-order valence-corrected chi connectivity index (χ3v) is 2.14. The fourth-order valence-corrected chi connectivity index (χ4v) is 1.34. The van der Waals surface area contributed by atoms with Crippen LogP contribution in [0.4, 0.5) is 5.13 Å². The second kappa shape index (κ2) is 3.44. The molecule has 0 atom stereocenters. The average molecular weight is 193 g/mol. The quantitative estimate of drug-likeness (QED) is 0.772. The van der Waals surface area contributed by atoms with Crippen molar-refractivity contribution < 1.29 is 0 Å². The summed E-state index contributed by atoms with van der Waals surface area (Å²) >= 11 is 1.29. The molecule has 0 aliphatic rings. The lowest BCUT2D eigenvalue weighted by molar-refractivity contribution is 1.13. The van der Waals surface area contributed by atoms with Gasteiger partial charge in [0.05, 0.1) is 0 Å². The van der Waals surface area contributed by atoms with Crippen LogP contribution in [-0.4, -0.2) is 26.4 Å². The van der Waals surface area contributed by atoms with Crippen molar-refractivity contribution in [3.8, 4) is 11.6 Å². The summed E-state index contributed by atoms with van der Waals surface area (Å²) in [6.07, 6.45) is 3.34. The minimum absolute atomic E-state index is 0.556. The van der Waals surface area contributed by atoms with E-state index in [0.717, 1.165) is 5.13 Å². The molecule has 2 aromatic heterocycles. The normalized spacial score (nSPS) is 9.92. The molecule has 0 saturated carbocycles. The van der Waals surface area contributed by atoms with Gasteiger partial charge in [0.25, 0.3) is 0 Å². The van der Waals surface area contributed by atoms with Crippen molar-refractivity contribution in [2.75, 3.05) is 12.4 Å². The number of aromatic nitrogens is 4. The van der Waals surface area contributed by atoms with Crippen molar-refractivity contribution in [3.63, 3.8) is 0 Å². The van der Waals surface area contributed by atoms with E-state index in [2.05, 4.69) is 24.6 Å². The second-order valence-electron chi connectivity index (χ2n) is 2.25. The summed E-state index contributed by atoms with van der Waals surface area (Å²) in [5, 5.41) is 3.67. The van der Waals surface area contributed by atoms with Gasteiger partial charge in [-0.15, -0.1) is 0 Å². The maximum absolute atomic E-state index is 4.17. The third kappa shape index (κ3) is 1.62. The fraction of sp³-hybridized carbons (Fsp3) is 0.143. The van der Waals surface area contributed by atoms with Crippen LogP contribution in [-0.2, 0) is 0 Å². The fourth-order valence-electron chi connectivity index (χ4n) is 0.830. The molecule has 5 nitrogen and oxygen atoms in total. The van der Waals surface area contributed by atoms with Crippen LogP contribution >= 0.6 is 11.5 Å². The van der Waals surface area contributed by atoms with Crippen LogP contribution in [0.15, 0.2) is 18.5 Å². The molecule has 0 aromatic carbocycles. The summed E-state index contributed by atoms with van der Waals surface area (Å²) < 4.78 is 4.10. The van der Waals surface area contributed by atoms with Crippen molar-refractivity contribution in [3.05, 3.63) is 18.5 Å². The number of anilines is 1. The summed E-state index contributed by atoms with van der Waals surface area (Å²) in [5.41, 5.74) is 0. The molecule has 0 fully saturated rings. The Labute approximate surface area is 79.1 Å². The highest BCUT2D eigenvalue weighted by atomic mass is 32.1. The largest absolute Gasteiger partial charge is 0.363 e. The number of rotatable bonds is 2. The first-order valence-electron chi connectivity index (χ1n) is 3.69. The Morgan fingerprint density at radius 3 is 2.62 bits per heavy atom. The lowest BCUT2D eigenvalue weighted by Crippen LogP contribution is -1.90. The predicted octanol–water partition coefficient (Wildman–Crippen LogP) is 1.04. The molecule has 0 amide bonds. The topological polar surface area (TPSA) is 63.6 Å². The first kappa shape index (κ1) is 8.06. The SMILES string of the molecule is CNc1nc(-c2ncccn2)ns1. The third-order valence-electron chi connectivity index (χ3n) is 1.41. The van der Waals surface area contributed by atoms with Gasteiger partial charge in [-0.3, -0.25) is 0 Å². The lowest BCUT2D eigenvalue weighted by Gasteiger charge is -1.90. The zero-order valence-electron chi connectivity index (χ0n) is 6.93. The lowest BCUT2D eigenvalue weighted by atomic mass is 10.5. The zero-order chi connectivity index (χ0) is 9.10. The van der Waals surface area contributed by atoms with Crippen molar-refractivity contribution >= 4 is 16.7 Å². The van der Waals surface area contributed by atoms with Crippen LogP contribution in [0.1, 0.15) is 0 Å². The Morgan fingerprint density at radius 2 is 2.00 bits per heavy atom. The smallest absolute Gasteiger partial charge is 0.212 e. The molecule has 0 aliphatic carbocycles. The van der Waals surface area contributed by atoms with E-state index in [4.69, 9.17) is 0 Å². The first-order chi connectivity index (χ1) is 6.40. The molecule has 0 unspecified atom stereocenters. The molecule has 2 aromatic rings. The summed E-state index contributed by atoms with van der Waals surface area (Å²) in [5.74, 6) is 1.12. The monoisotopic (exact) mass is 193 g/mol. The summed E-state index contributed by atoms with van der Waals surface area (Å²) in [6, 6.07) is 1.76. The van der Waals surface area contributed by atoms with Crippen molar-refractivity contribution in [2.24, 2.45) is 0 Å². The Hall–Kier alpha value is -1.56. The molecular weight excluding hydrogens is 186 g/mol. The molecule has 1 N–H and O–H groups in total. The molecule has 66 valence electrons. The number of hydrogen-bond donors (Lipinski definition) is 1. The van der Waals surface area contributed by atoms with E-state index in [9.17, 15) is 0 Å². The maximum Gasteiger partial charge on any atom is 0.212 e. The number of nitrogens with zero attached hydrogens (tertiary/aromatic N) is 4. The highest BCUT2D eigenvalue weighted by molar-refractivity contribution is 7.09. The van der Waals surface area contributed by atoms with Gasteiger partial charge in [-0.2, -0.15) is 9.36 Å². The highest BCUT2D eigenvalue weighted by Gasteiger charge is 2.06. The Morgan fingerprint density at radius 1 is 1.23 bits per heavy atom. The Bertz CT molecular complexity index is 385. The van der Waals surface area contributed by atoms with Gasteiger partial charge in [0.2, 0.25) is 11.0 Å². The molecule has 0 bridgehead atoms. The van der Waals surface area contributed by atoms with Crippen LogP contribution < -0.4 is 5.32 Å². The standard InChI is InChI=1S/C7H7N5S/c1-8-7-11-6(12-13-7)5-9-3-2-4-10-5/h2-4H,1H3,(H,8,11,12). The van der Waals surface area contributed by atoms with Gasteiger partial charge in [-0.1, -0.05) is 0 Å². The minimum Gasteiger partial charge on any atom is -0.363 e. The number of hydrogen-bond acceptors (Lipinski definition) is 6. The van der Waals surface area contributed by atoms with Crippen molar-refractivity contribution in [1.29, 1.82) is 0 Å². The van der Waals surface area contributed by atoms with Crippen molar-refractivity contribution in [2.45, 2.75) is 0 Å². The van der Waals surface area contributed by atoms with Gasteiger partial charge < -0.3 is 5.32 Å². The van der Waals surface area contributed by atoms with E-state index in [1.165, 1.54) is 11.5 Å². The first-order valence-corrected chi connectivity index (χ1v) is 4.46. The Balaban J connectivity index is 2.36. The van der Waals surface area contributed by atoms with E-state index in [1.54, 1.807) is 25.5 Å². The maximum atomic E-state index is 4.17. The molecule has 0 aliphatic heterocycles. The number of nitrogens with one attached hydrogen (secondary N) is 1. The minimum atomic E-state index is 0.556. The molecule has 0 radical (unpaired) electrons. The average Bonchev–Trinajstić information content (AvgIpc) is 2.67. The molecule has 0 saturated heterocycles. The van der Waals surface area contributed by atoms with Gasteiger partial charge >= 0.3 is 0 Å². The van der Waals surface area contributed by atoms with E-state index < -0.39 is 0 Å². The van der Waals surface area contributed by atoms with Gasteiger partial charge in [0, 0.05) is 31.0 Å². The van der Waals surface area contributed by atoms with Crippen LogP contribution in [0.5, 0.6) is 0 Å². The van der Waals surface area contributed by atoms with Gasteiger partial charge in [-0.25, -0.2) is 9.97 Å². The van der Waals surface area contributed by atoms with Gasteiger partial charge in [0.1, 0.15) is 0 Å². The summed E-state index contributed by atoms with van der Waals surface area (Å²) in [4.78, 5) is 12.2. The molecule has 2 rings (SSSR count). The van der Waals surface area contributed by atoms with Gasteiger partial charge in [-0.05, 0) is 6.07 Å². The molecule has 2 heterocycles. The molecule has 6 heteroatoms. The molecular formula is C7H7N5S. The second-order valence-corrected chi connectivity index (χ2v) is 3.00. The van der Waals surface area contributed by atoms with E-state index >= 15 is 0 Å². The van der Waals surface area contributed by atoms with Crippen molar-refractivity contribution in [1.82, 2.24) is 19.3 Å².